The number of alkyl halides is 2. The molecule has 0 bridgehead atoms. The van der Waals surface area contributed by atoms with Gasteiger partial charge >= 0.3 is 12.2 Å². The van der Waals surface area contributed by atoms with Crippen LogP contribution >= 0.6 is 22.6 Å². The van der Waals surface area contributed by atoms with Gasteiger partial charge < -0.3 is 15.8 Å². The molecule has 1 aromatic rings. The molecule has 0 aliphatic carbocycles. The van der Waals surface area contributed by atoms with E-state index in [0.717, 1.165) is 6.07 Å². The van der Waals surface area contributed by atoms with Crippen LogP contribution < -0.4 is 5.73 Å². The van der Waals surface area contributed by atoms with Crippen molar-refractivity contribution in [3.63, 3.8) is 0 Å². The van der Waals surface area contributed by atoms with Crippen LogP contribution in [0.2, 0.25) is 0 Å². The fraction of sp³-hybridized carbons (Fsp3) is 0.286. The smallest absolute Gasteiger partial charge is 0.358 e. The molecule has 0 aromatic carbocycles. The zero-order valence-corrected chi connectivity index (χ0v) is 9.44. The van der Waals surface area contributed by atoms with Crippen molar-refractivity contribution in [3.05, 3.63) is 31.0 Å². The van der Waals surface area contributed by atoms with Gasteiger partial charge in [0.15, 0.2) is 0 Å². The monoisotopic (exact) mass is 329 g/mol. The van der Waals surface area contributed by atoms with Crippen molar-refractivity contribution in [2.24, 2.45) is 5.73 Å². The molecular weight excluding hydrogens is 323 g/mol. The Labute approximate surface area is 97.0 Å². The number of hydrogen-bond acceptors (Lipinski definition) is 4. The van der Waals surface area contributed by atoms with Crippen molar-refractivity contribution >= 4 is 28.4 Å². The molecule has 1 heterocycles. The van der Waals surface area contributed by atoms with E-state index >= 15 is 0 Å². The average molecular weight is 329 g/mol. The molecule has 1 rings (SSSR count). The Bertz CT molecular complexity index is 400. The summed E-state index contributed by atoms with van der Waals surface area (Å²) in [5, 5.41) is 10.4. The molecule has 0 radical (unpaired) electrons. The van der Waals surface area contributed by atoms with E-state index in [2.05, 4.69) is 4.98 Å². The molecule has 0 amide bonds. The maximum atomic E-state index is 12.5. The second-order valence-electron chi connectivity index (χ2n) is 2.59. The van der Waals surface area contributed by atoms with Crippen LogP contribution in [0.3, 0.4) is 0 Å². The van der Waals surface area contributed by atoms with Gasteiger partial charge in [-0.05, 0) is 32.5 Å². The van der Waals surface area contributed by atoms with E-state index in [9.17, 15) is 18.9 Å². The molecule has 8 heteroatoms. The summed E-state index contributed by atoms with van der Waals surface area (Å²) in [4.78, 5) is 12.8. The van der Waals surface area contributed by atoms with E-state index in [1.54, 1.807) is 22.6 Å². The number of hydrogen-bond donors (Lipinski definition) is 1. The van der Waals surface area contributed by atoms with E-state index in [0.29, 0.717) is 3.57 Å². The van der Waals surface area contributed by atoms with E-state index < -0.39 is 22.9 Å². The van der Waals surface area contributed by atoms with Crippen LogP contribution in [0.15, 0.2) is 6.07 Å². The largest absolute Gasteiger partial charge is 0.364 e. The van der Waals surface area contributed by atoms with Gasteiger partial charge in [0.1, 0.15) is 0 Å². The minimum Gasteiger partial charge on any atom is -0.358 e. The highest BCUT2D eigenvalue weighted by Gasteiger charge is 2.25. The lowest BCUT2D eigenvalue weighted by Gasteiger charge is -2.04. The highest BCUT2D eigenvalue weighted by molar-refractivity contribution is 14.1. The second kappa shape index (κ2) is 4.75. The molecule has 82 valence electrons. The first-order valence-electron chi connectivity index (χ1n) is 3.79. The number of nitrogens with two attached hydrogens (primary N) is 1. The van der Waals surface area contributed by atoms with Crippen LogP contribution in [-0.4, -0.2) is 9.91 Å². The maximum Gasteiger partial charge on any atom is 0.364 e. The molecule has 0 spiro atoms. The Morgan fingerprint density at radius 2 is 2.27 bits per heavy atom. The van der Waals surface area contributed by atoms with Gasteiger partial charge in [0.2, 0.25) is 5.69 Å². The minimum absolute atomic E-state index is 0.122. The fourth-order valence-electron chi connectivity index (χ4n) is 1.02. The lowest BCUT2D eigenvalue weighted by atomic mass is 10.2. The minimum atomic E-state index is -2.86. The highest BCUT2D eigenvalue weighted by atomic mass is 127. The van der Waals surface area contributed by atoms with E-state index in [1.165, 1.54) is 0 Å². The molecule has 15 heavy (non-hydrogen) atoms. The molecule has 5 nitrogen and oxygen atoms in total. The van der Waals surface area contributed by atoms with E-state index in [4.69, 9.17) is 5.73 Å². The van der Waals surface area contributed by atoms with E-state index in [-0.39, 0.29) is 12.1 Å². The zero-order chi connectivity index (χ0) is 11.6. The van der Waals surface area contributed by atoms with Crippen molar-refractivity contribution in [2.75, 3.05) is 0 Å². The fourth-order valence-corrected chi connectivity index (χ4v) is 1.80. The number of aromatic nitrogens is 1. The van der Waals surface area contributed by atoms with Gasteiger partial charge in [0, 0.05) is 21.7 Å². The lowest BCUT2D eigenvalue weighted by Crippen LogP contribution is -2.09. The number of nitro groups is 1. The summed E-state index contributed by atoms with van der Waals surface area (Å²) in [6.07, 6.45) is -2.86. The molecule has 2 N–H and O–H groups in total. The first-order valence-corrected chi connectivity index (χ1v) is 4.87. The van der Waals surface area contributed by atoms with Crippen LogP contribution in [0.1, 0.15) is 17.7 Å². The molecule has 0 unspecified atom stereocenters. The molecule has 0 aliphatic rings. The Hall–Kier alpha value is -0.900. The van der Waals surface area contributed by atoms with Crippen molar-refractivity contribution in [1.29, 1.82) is 0 Å². The standard InChI is InChI=1S/C7H6F2IN3O2/c8-7(9)6-3(2-11)4(10)1-5(12-6)13(14)15/h1,7H,2,11H2. The van der Waals surface area contributed by atoms with Gasteiger partial charge in [-0.2, -0.15) is 0 Å². The van der Waals surface area contributed by atoms with Crippen LogP contribution in [0, 0.1) is 13.7 Å². The Morgan fingerprint density at radius 1 is 1.67 bits per heavy atom. The quantitative estimate of drug-likeness (QED) is 0.522. The van der Waals surface area contributed by atoms with Crippen molar-refractivity contribution < 1.29 is 13.7 Å². The van der Waals surface area contributed by atoms with Gasteiger partial charge in [-0.3, -0.25) is 0 Å². The molecule has 0 saturated heterocycles. The molecule has 1 aromatic heterocycles. The Kier molecular flexibility index (Phi) is 3.85. The summed E-state index contributed by atoms with van der Waals surface area (Å²) in [7, 11) is 0. The summed E-state index contributed by atoms with van der Waals surface area (Å²) >= 11 is 1.72. The molecular formula is C7H6F2IN3O2. The highest BCUT2D eigenvalue weighted by Crippen LogP contribution is 2.27. The van der Waals surface area contributed by atoms with E-state index in [1.807, 2.05) is 0 Å². The third kappa shape index (κ3) is 2.56. The number of rotatable bonds is 3. The molecule has 0 aliphatic heterocycles. The van der Waals surface area contributed by atoms with Gasteiger partial charge in [-0.25, -0.2) is 8.78 Å². The third-order valence-electron chi connectivity index (χ3n) is 1.69. The molecule has 0 fully saturated rings. The van der Waals surface area contributed by atoms with Crippen LogP contribution in [0.5, 0.6) is 0 Å². The topological polar surface area (TPSA) is 82.0 Å². The third-order valence-corrected chi connectivity index (χ3v) is 2.65. The lowest BCUT2D eigenvalue weighted by molar-refractivity contribution is -0.389. The van der Waals surface area contributed by atoms with Crippen molar-refractivity contribution in [1.82, 2.24) is 4.98 Å². The predicted molar refractivity (Wildman–Crippen MR) is 56.5 cm³/mol. The summed E-state index contributed by atoms with van der Waals surface area (Å²) in [5.41, 5.74) is 4.80. The van der Waals surface area contributed by atoms with Crippen molar-refractivity contribution in [2.45, 2.75) is 13.0 Å². The Morgan fingerprint density at radius 3 is 2.67 bits per heavy atom. The summed E-state index contributed by atoms with van der Waals surface area (Å²) in [5.74, 6) is -0.591. The summed E-state index contributed by atoms with van der Waals surface area (Å²) in [6, 6.07) is 1.12. The number of pyridine rings is 1. The van der Waals surface area contributed by atoms with Crippen LogP contribution in [0.25, 0.3) is 0 Å². The average Bonchev–Trinajstić information content (AvgIpc) is 2.16. The molecule has 0 saturated carbocycles. The first-order chi connectivity index (χ1) is 6.97. The van der Waals surface area contributed by atoms with Crippen molar-refractivity contribution in [3.8, 4) is 0 Å². The molecule has 0 atom stereocenters. The van der Waals surface area contributed by atoms with Crippen LogP contribution in [0.4, 0.5) is 14.6 Å². The van der Waals surface area contributed by atoms with Gasteiger partial charge in [-0.15, -0.1) is 0 Å². The van der Waals surface area contributed by atoms with Crippen LogP contribution in [-0.2, 0) is 6.54 Å². The van der Waals surface area contributed by atoms with Gasteiger partial charge in [0.25, 0.3) is 0 Å². The van der Waals surface area contributed by atoms with Gasteiger partial charge in [0.05, 0.1) is 0 Å². The predicted octanol–water partition coefficient (Wildman–Crippen LogP) is 1.99. The van der Waals surface area contributed by atoms with Gasteiger partial charge in [-0.1, -0.05) is 0 Å². The maximum absolute atomic E-state index is 12.5. The Balaban J connectivity index is 3.38. The summed E-state index contributed by atoms with van der Waals surface area (Å²) < 4.78 is 25.3. The normalized spacial score (nSPS) is 10.7. The zero-order valence-electron chi connectivity index (χ0n) is 7.28. The summed E-state index contributed by atoms with van der Waals surface area (Å²) in [6.45, 7) is -0.122. The second-order valence-corrected chi connectivity index (χ2v) is 3.75. The number of halogens is 3. The number of nitrogens with zero attached hydrogens (tertiary/aromatic N) is 2. The first kappa shape index (κ1) is 12.2. The SMILES string of the molecule is NCc1c(I)cc([N+](=O)[O-])nc1C(F)F.